The second-order valence-corrected chi connectivity index (χ2v) is 5.38. The summed E-state index contributed by atoms with van der Waals surface area (Å²) in [7, 11) is 1.89. The molecule has 0 bridgehead atoms. The molecule has 0 heterocycles. The normalized spacial score (nSPS) is 12.2. The van der Waals surface area contributed by atoms with Gasteiger partial charge in [-0.2, -0.15) is 0 Å². The van der Waals surface area contributed by atoms with Crippen molar-refractivity contribution in [2.75, 3.05) is 18.9 Å². The molecule has 0 saturated heterocycles. The van der Waals surface area contributed by atoms with Crippen LogP contribution in [0.1, 0.15) is 18.9 Å². The van der Waals surface area contributed by atoms with Crippen molar-refractivity contribution in [2.45, 2.75) is 26.3 Å². The molecular weight excluding hydrogens is 258 g/mol. The number of carbonyl (C=O) groups is 1. The average molecular weight is 279 g/mol. The molecule has 1 unspecified atom stereocenters. The molecule has 5 heteroatoms. The summed E-state index contributed by atoms with van der Waals surface area (Å²) in [6.07, 6.45) is 0.615. The summed E-state index contributed by atoms with van der Waals surface area (Å²) in [4.78, 5) is 14.3. The van der Waals surface area contributed by atoms with Crippen molar-refractivity contribution < 1.29 is 4.79 Å². The Bertz CT molecular complexity index is 462. The summed E-state index contributed by atoms with van der Waals surface area (Å²) in [6.45, 7) is 4.31. The second kappa shape index (κ2) is 7.21. The molecule has 0 aliphatic carbocycles. The molecule has 4 nitrogen and oxygen atoms in total. The van der Waals surface area contributed by atoms with E-state index in [2.05, 4.69) is 5.32 Å². The minimum atomic E-state index is -0.0390. The number of benzene rings is 1. The number of aryl methyl sites for hydroxylation is 1. The van der Waals surface area contributed by atoms with Crippen molar-refractivity contribution in [1.82, 2.24) is 4.90 Å². The van der Waals surface area contributed by atoms with Crippen LogP contribution in [0.5, 0.6) is 0 Å². The summed E-state index contributed by atoms with van der Waals surface area (Å²) < 4.78 is 0. The molecule has 0 aromatic heterocycles. The van der Waals surface area contributed by atoms with Crippen LogP contribution >= 0.6 is 12.2 Å². The van der Waals surface area contributed by atoms with E-state index in [0.717, 1.165) is 11.3 Å². The topological polar surface area (TPSA) is 58.4 Å². The first-order valence-electron chi connectivity index (χ1n) is 6.23. The van der Waals surface area contributed by atoms with Crippen LogP contribution in [0, 0.1) is 6.92 Å². The third-order valence-corrected chi connectivity index (χ3v) is 3.11. The van der Waals surface area contributed by atoms with Gasteiger partial charge in [-0.05, 0) is 38.6 Å². The van der Waals surface area contributed by atoms with E-state index in [-0.39, 0.29) is 11.9 Å². The van der Waals surface area contributed by atoms with Gasteiger partial charge in [0, 0.05) is 18.2 Å². The number of rotatable bonds is 6. The lowest BCUT2D eigenvalue weighted by atomic mass is 10.2. The summed E-state index contributed by atoms with van der Waals surface area (Å²) in [5.41, 5.74) is 7.44. The molecule has 1 amide bonds. The van der Waals surface area contributed by atoms with E-state index in [1.54, 1.807) is 0 Å². The highest BCUT2D eigenvalue weighted by Crippen LogP contribution is 2.09. The van der Waals surface area contributed by atoms with Crippen molar-refractivity contribution in [3.05, 3.63) is 29.8 Å². The number of carbonyl (C=O) groups excluding carboxylic acids is 1. The highest BCUT2D eigenvalue weighted by molar-refractivity contribution is 7.80. The molecule has 104 valence electrons. The zero-order valence-corrected chi connectivity index (χ0v) is 12.5. The number of hydrogen-bond donors (Lipinski definition) is 2. The van der Waals surface area contributed by atoms with Gasteiger partial charge in [0.1, 0.15) is 0 Å². The predicted molar refractivity (Wildman–Crippen MR) is 83.3 cm³/mol. The van der Waals surface area contributed by atoms with Crippen molar-refractivity contribution in [3.63, 3.8) is 0 Å². The Kier molecular flexibility index (Phi) is 5.92. The van der Waals surface area contributed by atoms with Gasteiger partial charge in [0.15, 0.2) is 0 Å². The number of amides is 1. The zero-order valence-electron chi connectivity index (χ0n) is 11.6. The first kappa shape index (κ1) is 15.6. The van der Waals surface area contributed by atoms with E-state index in [1.807, 2.05) is 50.1 Å². The Morgan fingerprint density at radius 1 is 1.53 bits per heavy atom. The minimum Gasteiger partial charge on any atom is -0.393 e. The molecule has 1 aromatic carbocycles. The van der Waals surface area contributed by atoms with E-state index in [1.165, 1.54) is 0 Å². The molecule has 0 aliphatic heterocycles. The third-order valence-electron chi connectivity index (χ3n) is 2.94. The van der Waals surface area contributed by atoms with Crippen LogP contribution in [0.3, 0.4) is 0 Å². The lowest BCUT2D eigenvalue weighted by molar-refractivity contribution is -0.117. The largest absolute Gasteiger partial charge is 0.393 e. The summed E-state index contributed by atoms with van der Waals surface area (Å²) in [5.74, 6) is -0.0390. The number of nitrogens with two attached hydrogens (primary N) is 1. The van der Waals surface area contributed by atoms with E-state index in [0.29, 0.717) is 18.0 Å². The van der Waals surface area contributed by atoms with Gasteiger partial charge >= 0.3 is 0 Å². The van der Waals surface area contributed by atoms with E-state index in [9.17, 15) is 4.79 Å². The molecule has 0 spiro atoms. The highest BCUT2D eigenvalue weighted by Gasteiger charge is 2.13. The van der Waals surface area contributed by atoms with Crippen LogP contribution in [-0.4, -0.2) is 35.4 Å². The number of nitrogens with one attached hydrogen (secondary N) is 1. The molecule has 1 aromatic rings. The fourth-order valence-electron chi connectivity index (χ4n) is 1.75. The van der Waals surface area contributed by atoms with Gasteiger partial charge < -0.3 is 11.1 Å². The Labute approximate surface area is 120 Å². The number of hydrogen-bond acceptors (Lipinski definition) is 3. The summed E-state index contributed by atoms with van der Waals surface area (Å²) >= 11 is 4.87. The van der Waals surface area contributed by atoms with Crippen LogP contribution in [-0.2, 0) is 4.79 Å². The standard InChI is InChI=1S/C14H21N3OS/c1-10-5-4-6-12(7-10)16-14(18)9-17(3)11(2)8-13(15)19/h4-7,11H,8-9H2,1-3H3,(H2,15,19)(H,16,18). The monoisotopic (exact) mass is 279 g/mol. The van der Waals surface area contributed by atoms with Crippen LogP contribution in [0.15, 0.2) is 24.3 Å². The first-order valence-corrected chi connectivity index (χ1v) is 6.64. The van der Waals surface area contributed by atoms with Crippen LogP contribution in [0.4, 0.5) is 5.69 Å². The molecule has 1 rings (SSSR count). The quantitative estimate of drug-likeness (QED) is 0.781. The van der Waals surface area contributed by atoms with Gasteiger partial charge in [-0.3, -0.25) is 9.69 Å². The molecule has 19 heavy (non-hydrogen) atoms. The smallest absolute Gasteiger partial charge is 0.238 e. The average Bonchev–Trinajstić information content (AvgIpc) is 2.27. The van der Waals surface area contributed by atoms with Crippen molar-refractivity contribution in [2.24, 2.45) is 5.73 Å². The molecule has 3 N–H and O–H groups in total. The lowest BCUT2D eigenvalue weighted by Gasteiger charge is -2.23. The number of anilines is 1. The maximum Gasteiger partial charge on any atom is 0.238 e. The minimum absolute atomic E-state index is 0.0390. The summed E-state index contributed by atoms with van der Waals surface area (Å²) in [6, 6.07) is 7.89. The molecule has 0 saturated carbocycles. The Hall–Kier alpha value is -1.46. The van der Waals surface area contributed by atoms with Crippen molar-refractivity contribution >= 4 is 28.8 Å². The van der Waals surface area contributed by atoms with E-state index < -0.39 is 0 Å². The van der Waals surface area contributed by atoms with Crippen LogP contribution in [0.25, 0.3) is 0 Å². The molecule has 0 aliphatic rings. The van der Waals surface area contributed by atoms with Gasteiger partial charge in [-0.15, -0.1) is 0 Å². The maximum atomic E-state index is 11.9. The maximum absolute atomic E-state index is 11.9. The number of likely N-dealkylation sites (N-methyl/N-ethyl adjacent to an activating group) is 1. The molecule has 1 atom stereocenters. The van der Waals surface area contributed by atoms with Gasteiger partial charge in [0.25, 0.3) is 0 Å². The Morgan fingerprint density at radius 3 is 2.79 bits per heavy atom. The summed E-state index contributed by atoms with van der Waals surface area (Å²) in [5, 5.41) is 2.88. The third kappa shape index (κ3) is 5.81. The highest BCUT2D eigenvalue weighted by atomic mass is 32.1. The Balaban J connectivity index is 2.49. The first-order chi connectivity index (χ1) is 8.88. The second-order valence-electron chi connectivity index (χ2n) is 4.85. The van der Waals surface area contributed by atoms with Crippen molar-refractivity contribution in [3.8, 4) is 0 Å². The molecule has 0 radical (unpaired) electrons. The lowest BCUT2D eigenvalue weighted by Crippen LogP contribution is -2.38. The van der Waals surface area contributed by atoms with Gasteiger partial charge in [-0.1, -0.05) is 24.4 Å². The molecule has 0 fully saturated rings. The van der Waals surface area contributed by atoms with Gasteiger partial charge in [0.2, 0.25) is 5.91 Å². The fourth-order valence-corrected chi connectivity index (χ4v) is 1.99. The number of thiocarbonyl (C=S) groups is 1. The molecular formula is C14H21N3OS. The fraction of sp³-hybridized carbons (Fsp3) is 0.429. The van der Waals surface area contributed by atoms with Gasteiger partial charge in [-0.25, -0.2) is 0 Å². The Morgan fingerprint density at radius 2 is 2.21 bits per heavy atom. The van der Waals surface area contributed by atoms with Crippen LogP contribution < -0.4 is 11.1 Å². The van der Waals surface area contributed by atoms with Crippen molar-refractivity contribution in [1.29, 1.82) is 0 Å². The zero-order chi connectivity index (χ0) is 14.4. The van der Waals surface area contributed by atoms with Crippen LogP contribution in [0.2, 0.25) is 0 Å². The SMILES string of the molecule is Cc1cccc(NC(=O)CN(C)C(C)CC(N)=S)c1. The van der Waals surface area contributed by atoms with Gasteiger partial charge in [0.05, 0.1) is 11.5 Å². The van der Waals surface area contributed by atoms with E-state index >= 15 is 0 Å². The van der Waals surface area contributed by atoms with E-state index in [4.69, 9.17) is 18.0 Å². The predicted octanol–water partition coefficient (Wildman–Crippen LogP) is 1.93. The number of nitrogens with zero attached hydrogens (tertiary/aromatic N) is 1.